The smallest absolute Gasteiger partial charge is 0.107 e. The summed E-state index contributed by atoms with van der Waals surface area (Å²) in [4.78, 5) is 8.62. The van der Waals surface area contributed by atoms with Crippen molar-refractivity contribution in [2.75, 3.05) is 0 Å². The lowest BCUT2D eigenvalue weighted by Gasteiger charge is -2.03. The molecular formula is C11H15N3. The molecule has 0 aromatic carbocycles. The lowest BCUT2D eigenvalue weighted by Crippen LogP contribution is -1.97. The van der Waals surface area contributed by atoms with E-state index in [9.17, 15) is 0 Å². The SMILES string of the molecule is CC(C)Cc1cc2c(cn1)ncn2C. The second-order valence-electron chi connectivity index (χ2n) is 4.12. The number of fused-ring (bicyclic) bond motifs is 1. The van der Waals surface area contributed by atoms with Gasteiger partial charge in [-0.1, -0.05) is 13.8 Å². The fourth-order valence-electron chi connectivity index (χ4n) is 1.60. The van der Waals surface area contributed by atoms with E-state index < -0.39 is 0 Å². The van der Waals surface area contributed by atoms with E-state index in [1.807, 2.05) is 24.1 Å². The molecule has 0 saturated carbocycles. The molecule has 0 spiro atoms. The van der Waals surface area contributed by atoms with Crippen molar-refractivity contribution in [3.05, 3.63) is 24.3 Å². The highest BCUT2D eigenvalue weighted by molar-refractivity contribution is 5.74. The molecule has 0 bridgehead atoms. The number of nitrogens with zero attached hydrogens (tertiary/aromatic N) is 3. The van der Waals surface area contributed by atoms with Crippen molar-refractivity contribution in [1.82, 2.24) is 14.5 Å². The van der Waals surface area contributed by atoms with Crippen molar-refractivity contribution in [1.29, 1.82) is 0 Å². The van der Waals surface area contributed by atoms with Crippen LogP contribution in [0.5, 0.6) is 0 Å². The third-order valence-corrected chi connectivity index (χ3v) is 2.29. The largest absolute Gasteiger partial charge is 0.334 e. The van der Waals surface area contributed by atoms with Crippen LogP contribution < -0.4 is 0 Å². The second-order valence-corrected chi connectivity index (χ2v) is 4.12. The molecule has 0 radical (unpaired) electrons. The molecule has 0 saturated heterocycles. The van der Waals surface area contributed by atoms with Gasteiger partial charge in [-0.25, -0.2) is 4.98 Å². The van der Waals surface area contributed by atoms with Crippen LogP contribution in [0, 0.1) is 5.92 Å². The van der Waals surface area contributed by atoms with Gasteiger partial charge in [0.25, 0.3) is 0 Å². The summed E-state index contributed by atoms with van der Waals surface area (Å²) in [6.07, 6.45) is 4.71. The summed E-state index contributed by atoms with van der Waals surface area (Å²) in [5, 5.41) is 0. The van der Waals surface area contributed by atoms with E-state index in [4.69, 9.17) is 0 Å². The molecule has 3 heteroatoms. The lowest BCUT2D eigenvalue weighted by atomic mass is 10.1. The number of rotatable bonds is 2. The zero-order valence-corrected chi connectivity index (χ0v) is 8.86. The van der Waals surface area contributed by atoms with Gasteiger partial charge in [0.05, 0.1) is 18.0 Å². The molecule has 0 N–H and O–H groups in total. The summed E-state index contributed by atoms with van der Waals surface area (Å²) >= 11 is 0. The number of hydrogen-bond donors (Lipinski definition) is 0. The Hall–Kier alpha value is -1.38. The highest BCUT2D eigenvalue weighted by Crippen LogP contribution is 2.13. The number of hydrogen-bond acceptors (Lipinski definition) is 2. The molecule has 2 aromatic heterocycles. The molecule has 14 heavy (non-hydrogen) atoms. The summed E-state index contributed by atoms with van der Waals surface area (Å²) in [6, 6.07) is 2.13. The number of imidazole rings is 1. The number of aromatic nitrogens is 3. The average molecular weight is 189 g/mol. The predicted octanol–water partition coefficient (Wildman–Crippen LogP) is 2.17. The first-order chi connectivity index (χ1) is 6.66. The van der Waals surface area contributed by atoms with Crippen molar-refractivity contribution in [3.8, 4) is 0 Å². The summed E-state index contributed by atoms with van der Waals surface area (Å²) in [6.45, 7) is 4.41. The first kappa shape index (κ1) is 9.19. The molecule has 0 aliphatic rings. The minimum absolute atomic E-state index is 0.646. The van der Waals surface area contributed by atoms with E-state index >= 15 is 0 Å². The Labute approximate surface area is 83.8 Å². The molecule has 0 aliphatic carbocycles. The van der Waals surface area contributed by atoms with Gasteiger partial charge in [0.15, 0.2) is 0 Å². The Morgan fingerprint density at radius 3 is 2.86 bits per heavy atom. The summed E-state index contributed by atoms with van der Waals surface area (Å²) in [5.74, 6) is 0.646. The first-order valence-corrected chi connectivity index (χ1v) is 4.93. The minimum Gasteiger partial charge on any atom is -0.334 e. The summed E-state index contributed by atoms with van der Waals surface area (Å²) < 4.78 is 2.03. The third kappa shape index (κ3) is 1.62. The Morgan fingerprint density at radius 2 is 2.14 bits per heavy atom. The highest BCUT2D eigenvalue weighted by atomic mass is 15.0. The molecule has 3 nitrogen and oxygen atoms in total. The molecule has 0 aliphatic heterocycles. The maximum absolute atomic E-state index is 4.38. The Balaban J connectivity index is 2.44. The van der Waals surface area contributed by atoms with E-state index in [1.165, 1.54) is 0 Å². The Morgan fingerprint density at radius 1 is 1.36 bits per heavy atom. The van der Waals surface area contributed by atoms with E-state index in [2.05, 4.69) is 29.9 Å². The van der Waals surface area contributed by atoms with Crippen molar-refractivity contribution in [3.63, 3.8) is 0 Å². The molecule has 74 valence electrons. The molecule has 2 heterocycles. The van der Waals surface area contributed by atoms with Gasteiger partial charge in [-0.3, -0.25) is 4.98 Å². The van der Waals surface area contributed by atoms with Gasteiger partial charge in [-0.15, -0.1) is 0 Å². The van der Waals surface area contributed by atoms with Crippen molar-refractivity contribution in [2.24, 2.45) is 13.0 Å². The predicted molar refractivity (Wildman–Crippen MR) is 57.1 cm³/mol. The van der Waals surface area contributed by atoms with Crippen molar-refractivity contribution < 1.29 is 0 Å². The fraction of sp³-hybridized carbons (Fsp3) is 0.455. The Kier molecular flexibility index (Phi) is 2.23. The Bertz CT molecular complexity index is 443. The van der Waals surface area contributed by atoms with Crippen LogP contribution in [0.4, 0.5) is 0 Å². The zero-order valence-electron chi connectivity index (χ0n) is 8.86. The monoisotopic (exact) mass is 189 g/mol. The molecule has 0 fully saturated rings. The van der Waals surface area contributed by atoms with Gasteiger partial charge in [0, 0.05) is 12.7 Å². The zero-order chi connectivity index (χ0) is 10.1. The summed E-state index contributed by atoms with van der Waals surface area (Å²) in [7, 11) is 2.01. The maximum Gasteiger partial charge on any atom is 0.107 e. The van der Waals surface area contributed by atoms with Crippen LogP contribution in [0.2, 0.25) is 0 Å². The van der Waals surface area contributed by atoms with Gasteiger partial charge < -0.3 is 4.57 Å². The van der Waals surface area contributed by atoms with Crippen molar-refractivity contribution >= 4 is 11.0 Å². The summed E-state index contributed by atoms with van der Waals surface area (Å²) in [5.41, 5.74) is 3.28. The van der Waals surface area contributed by atoms with Crippen LogP contribution in [0.1, 0.15) is 19.5 Å². The standard InChI is InChI=1S/C11H15N3/c1-8(2)4-9-5-11-10(6-12-9)13-7-14(11)3/h5-8H,4H2,1-3H3. The van der Waals surface area contributed by atoms with Crippen LogP contribution in [0.15, 0.2) is 18.6 Å². The molecule has 2 rings (SSSR count). The number of pyridine rings is 1. The normalized spacial score (nSPS) is 11.4. The van der Waals surface area contributed by atoms with E-state index in [1.54, 1.807) is 0 Å². The molecular weight excluding hydrogens is 174 g/mol. The van der Waals surface area contributed by atoms with Crippen molar-refractivity contribution in [2.45, 2.75) is 20.3 Å². The lowest BCUT2D eigenvalue weighted by molar-refractivity contribution is 0.636. The minimum atomic E-state index is 0.646. The van der Waals surface area contributed by atoms with Gasteiger partial charge in [-0.05, 0) is 18.4 Å². The van der Waals surface area contributed by atoms with Gasteiger partial charge >= 0.3 is 0 Å². The van der Waals surface area contributed by atoms with Gasteiger partial charge in [-0.2, -0.15) is 0 Å². The average Bonchev–Trinajstić information content (AvgIpc) is 2.47. The highest BCUT2D eigenvalue weighted by Gasteiger charge is 2.03. The van der Waals surface area contributed by atoms with E-state index in [-0.39, 0.29) is 0 Å². The molecule has 0 atom stereocenters. The van der Waals surface area contributed by atoms with Crippen LogP contribution in [0.3, 0.4) is 0 Å². The van der Waals surface area contributed by atoms with Gasteiger partial charge in [0.2, 0.25) is 0 Å². The van der Waals surface area contributed by atoms with Crippen LogP contribution in [-0.4, -0.2) is 14.5 Å². The van der Waals surface area contributed by atoms with Crippen LogP contribution in [0.25, 0.3) is 11.0 Å². The number of aryl methyl sites for hydroxylation is 1. The fourth-order valence-corrected chi connectivity index (χ4v) is 1.60. The second kappa shape index (κ2) is 3.40. The molecule has 0 unspecified atom stereocenters. The quantitative estimate of drug-likeness (QED) is 0.724. The van der Waals surface area contributed by atoms with E-state index in [0.29, 0.717) is 5.92 Å². The molecule has 0 amide bonds. The topological polar surface area (TPSA) is 30.7 Å². The first-order valence-electron chi connectivity index (χ1n) is 4.93. The van der Waals surface area contributed by atoms with Gasteiger partial charge in [0.1, 0.15) is 5.52 Å². The van der Waals surface area contributed by atoms with Crippen LogP contribution >= 0.6 is 0 Å². The maximum atomic E-state index is 4.38. The van der Waals surface area contributed by atoms with E-state index in [0.717, 1.165) is 23.1 Å². The van der Waals surface area contributed by atoms with Crippen LogP contribution in [-0.2, 0) is 13.5 Å². The third-order valence-electron chi connectivity index (χ3n) is 2.29. The molecule has 2 aromatic rings.